The van der Waals surface area contributed by atoms with Crippen LogP contribution in [0.4, 0.5) is 0 Å². The minimum Gasteiger partial charge on any atom is -0.310 e. The molecular weight excluding hydrogens is 184 g/mol. The Bertz CT molecular complexity index is 339. The molecule has 0 fully saturated rings. The summed E-state index contributed by atoms with van der Waals surface area (Å²) >= 11 is 5.57. The van der Waals surface area contributed by atoms with Crippen LogP contribution in [0.5, 0.6) is 0 Å². The van der Waals surface area contributed by atoms with E-state index < -0.39 is 9.80 Å². The fraction of sp³-hybridized carbons (Fsp3) is 0. The third-order valence-corrected chi connectivity index (χ3v) is 2.44. The van der Waals surface area contributed by atoms with Crippen molar-refractivity contribution in [2.75, 3.05) is 0 Å². The predicted molar refractivity (Wildman–Crippen MR) is 47.6 cm³/mol. The Kier molecular flexibility index (Phi) is 2.23. The Balaban J connectivity index is 3.20. The van der Waals surface area contributed by atoms with Crippen LogP contribution in [0.3, 0.4) is 0 Å². The molecule has 0 amide bonds. The van der Waals surface area contributed by atoms with Crippen molar-refractivity contribution in [1.29, 1.82) is 0 Å². The Morgan fingerprint density at radius 1 is 1.36 bits per heavy atom. The maximum Gasteiger partial charge on any atom is 0.104 e. The molecule has 0 heterocycles. The van der Waals surface area contributed by atoms with Crippen LogP contribution < -0.4 is 0 Å². The molecule has 4 heteroatoms. The number of halogens is 1. The van der Waals surface area contributed by atoms with Gasteiger partial charge >= 0.3 is 0 Å². The van der Waals surface area contributed by atoms with Crippen LogP contribution in [0.15, 0.2) is 29.2 Å². The summed E-state index contributed by atoms with van der Waals surface area (Å²) in [4.78, 5) is 0.293. The van der Waals surface area contributed by atoms with Crippen LogP contribution in [-0.2, 0) is 9.80 Å². The molecule has 0 aliphatic rings. The van der Waals surface area contributed by atoms with Crippen molar-refractivity contribution in [3.05, 3.63) is 29.3 Å². The zero-order chi connectivity index (χ0) is 8.48. The molecule has 0 saturated carbocycles. The molecule has 1 atom stereocenters. The molecule has 1 rings (SSSR count). The highest BCUT2D eigenvalue weighted by Gasteiger charge is 2.00. The smallest absolute Gasteiger partial charge is 0.104 e. The van der Waals surface area contributed by atoms with Gasteiger partial charge in [-0.15, -0.1) is 0 Å². The Morgan fingerprint density at radius 3 is 2.18 bits per heavy atom. The summed E-state index contributed by atoms with van der Waals surface area (Å²) in [6.07, 6.45) is 0. The van der Waals surface area contributed by atoms with Crippen LogP contribution in [0.25, 0.3) is 0 Å². The van der Waals surface area contributed by atoms with Crippen LogP contribution in [0.2, 0.25) is 5.02 Å². The molecule has 1 N–H and O–H groups in total. The van der Waals surface area contributed by atoms with Gasteiger partial charge in [-0.1, -0.05) is 11.6 Å². The highest BCUT2D eigenvalue weighted by molar-refractivity contribution is 7.95. The molecule has 1 aromatic rings. The summed E-state index contributed by atoms with van der Waals surface area (Å²) in [5, 5.41) is 0.539. The maximum absolute atomic E-state index is 10.9. The molecule has 0 saturated heterocycles. The third-order valence-electron chi connectivity index (χ3n) is 1.18. The standard InChI is InChI=1S/C7H7ClO2S/c1-11(9,10)7-4-2-6(8)3-5-7/h2-5H,1H2,(H,9,10). The van der Waals surface area contributed by atoms with Crippen molar-refractivity contribution in [1.82, 2.24) is 0 Å². The van der Waals surface area contributed by atoms with Gasteiger partial charge in [0.15, 0.2) is 0 Å². The number of rotatable bonds is 1. The maximum atomic E-state index is 10.9. The highest BCUT2D eigenvalue weighted by atomic mass is 35.5. The number of hydrogen-bond donors (Lipinski definition) is 1. The predicted octanol–water partition coefficient (Wildman–Crippen LogP) is 1.89. The second-order valence-electron chi connectivity index (χ2n) is 2.09. The van der Waals surface area contributed by atoms with Crippen LogP contribution in [-0.4, -0.2) is 14.6 Å². The lowest BCUT2D eigenvalue weighted by Crippen LogP contribution is -1.96. The first-order valence-electron chi connectivity index (χ1n) is 2.85. The Hall–Kier alpha value is -0.510. The zero-order valence-corrected chi connectivity index (χ0v) is 7.23. The lowest BCUT2D eigenvalue weighted by Gasteiger charge is -1.99. The average Bonchev–Trinajstić information content (AvgIpc) is 1.86. The van der Waals surface area contributed by atoms with E-state index in [1.54, 1.807) is 12.1 Å². The molecule has 0 aliphatic heterocycles. The summed E-state index contributed by atoms with van der Waals surface area (Å²) in [5.41, 5.74) is 0. The van der Waals surface area contributed by atoms with Gasteiger partial charge < -0.3 is 4.55 Å². The van der Waals surface area contributed by atoms with E-state index in [9.17, 15) is 4.21 Å². The summed E-state index contributed by atoms with van der Waals surface area (Å²) in [6, 6.07) is 6.07. The average molecular weight is 191 g/mol. The largest absolute Gasteiger partial charge is 0.310 e. The quantitative estimate of drug-likeness (QED) is 0.687. The molecule has 1 unspecified atom stereocenters. The van der Waals surface area contributed by atoms with Crippen molar-refractivity contribution in [3.63, 3.8) is 0 Å². The van der Waals surface area contributed by atoms with Crippen LogP contribution in [0, 0.1) is 0 Å². The van der Waals surface area contributed by atoms with E-state index in [4.69, 9.17) is 16.2 Å². The lowest BCUT2D eigenvalue weighted by molar-refractivity contribution is 0.560. The van der Waals surface area contributed by atoms with Crippen LogP contribution in [0.1, 0.15) is 0 Å². The van der Waals surface area contributed by atoms with Gasteiger partial charge in [-0.3, -0.25) is 0 Å². The van der Waals surface area contributed by atoms with E-state index in [1.165, 1.54) is 12.1 Å². The molecule has 0 radical (unpaired) electrons. The van der Waals surface area contributed by atoms with E-state index in [-0.39, 0.29) is 0 Å². The molecule has 1 aromatic carbocycles. The van der Waals surface area contributed by atoms with E-state index in [2.05, 4.69) is 5.87 Å². The molecule has 0 aliphatic carbocycles. The van der Waals surface area contributed by atoms with Gasteiger partial charge in [0.25, 0.3) is 0 Å². The minimum atomic E-state index is -3.08. The monoisotopic (exact) mass is 190 g/mol. The third kappa shape index (κ3) is 2.22. The second kappa shape index (κ2) is 2.85. The molecule has 0 aromatic heterocycles. The summed E-state index contributed by atoms with van der Waals surface area (Å²) in [6.45, 7) is 0. The van der Waals surface area contributed by atoms with Gasteiger partial charge in [0.2, 0.25) is 0 Å². The number of benzene rings is 1. The normalized spacial score (nSPS) is 15.8. The molecule has 2 nitrogen and oxygen atoms in total. The van der Waals surface area contributed by atoms with Gasteiger partial charge in [0.05, 0.1) is 4.90 Å². The van der Waals surface area contributed by atoms with Crippen molar-refractivity contribution in [2.24, 2.45) is 0 Å². The zero-order valence-electron chi connectivity index (χ0n) is 5.66. The molecule has 11 heavy (non-hydrogen) atoms. The van der Waals surface area contributed by atoms with E-state index >= 15 is 0 Å². The molecule has 60 valence electrons. The van der Waals surface area contributed by atoms with E-state index in [1.807, 2.05) is 0 Å². The molecular formula is C7H7ClO2S. The number of hydrogen-bond acceptors (Lipinski definition) is 1. The Morgan fingerprint density at radius 2 is 1.82 bits per heavy atom. The van der Waals surface area contributed by atoms with Crippen molar-refractivity contribution < 1.29 is 8.76 Å². The Labute approximate surface area is 70.6 Å². The summed E-state index contributed by atoms with van der Waals surface area (Å²) in [7, 11) is -3.08. The molecule has 0 spiro atoms. The minimum absolute atomic E-state index is 0.293. The van der Waals surface area contributed by atoms with Gasteiger partial charge in [-0.2, -0.15) is 0 Å². The van der Waals surface area contributed by atoms with Gasteiger partial charge in [-0.05, 0) is 30.1 Å². The summed E-state index contributed by atoms with van der Waals surface area (Å²) < 4.78 is 19.9. The van der Waals surface area contributed by atoms with Gasteiger partial charge in [0, 0.05) is 5.02 Å². The molecule has 0 bridgehead atoms. The fourth-order valence-corrected chi connectivity index (χ4v) is 1.33. The highest BCUT2D eigenvalue weighted by Crippen LogP contribution is 2.13. The first-order chi connectivity index (χ1) is 5.00. The van der Waals surface area contributed by atoms with Crippen LogP contribution >= 0.6 is 11.6 Å². The summed E-state index contributed by atoms with van der Waals surface area (Å²) in [5.74, 6) is 3.11. The van der Waals surface area contributed by atoms with Crippen molar-refractivity contribution in [3.8, 4) is 0 Å². The first kappa shape index (κ1) is 8.59. The van der Waals surface area contributed by atoms with Gasteiger partial charge in [0.1, 0.15) is 9.80 Å². The van der Waals surface area contributed by atoms with Crippen molar-refractivity contribution in [2.45, 2.75) is 4.90 Å². The lowest BCUT2D eigenvalue weighted by atomic mass is 10.4. The van der Waals surface area contributed by atoms with E-state index in [0.717, 1.165) is 0 Å². The first-order valence-corrected chi connectivity index (χ1v) is 4.91. The SMILES string of the molecule is C=S(=O)(O)c1ccc(Cl)cc1. The second-order valence-corrected chi connectivity index (χ2v) is 4.28. The topological polar surface area (TPSA) is 37.3 Å². The fourth-order valence-electron chi connectivity index (χ4n) is 0.647. The van der Waals surface area contributed by atoms with Gasteiger partial charge in [-0.25, -0.2) is 4.21 Å². The van der Waals surface area contributed by atoms with E-state index in [0.29, 0.717) is 9.92 Å². The van der Waals surface area contributed by atoms with Crippen molar-refractivity contribution >= 4 is 27.3 Å².